The zero-order chi connectivity index (χ0) is 13.8. The molecule has 0 radical (unpaired) electrons. The summed E-state index contributed by atoms with van der Waals surface area (Å²) in [4.78, 5) is 11.0. The summed E-state index contributed by atoms with van der Waals surface area (Å²) in [5, 5.41) is 0. The van der Waals surface area contributed by atoms with Crippen LogP contribution in [0, 0.1) is 6.92 Å². The second kappa shape index (κ2) is 5.70. The Balaban J connectivity index is 2.37. The lowest BCUT2D eigenvalue weighted by Gasteiger charge is -2.14. The maximum absolute atomic E-state index is 11.0. The Morgan fingerprint density at radius 3 is 2.37 bits per heavy atom. The highest BCUT2D eigenvalue weighted by atomic mass is 16.5. The molecule has 1 unspecified atom stereocenters. The van der Waals surface area contributed by atoms with Crippen LogP contribution >= 0.6 is 0 Å². The van der Waals surface area contributed by atoms with Gasteiger partial charge in [0.25, 0.3) is 0 Å². The predicted octanol–water partition coefficient (Wildman–Crippen LogP) is 4.29. The van der Waals surface area contributed by atoms with Gasteiger partial charge in [-0.3, -0.25) is 4.79 Å². The van der Waals surface area contributed by atoms with Crippen molar-refractivity contribution in [2.24, 2.45) is 0 Å². The van der Waals surface area contributed by atoms with E-state index < -0.39 is 0 Å². The monoisotopic (exact) mass is 254 g/mol. The number of rotatable bonds is 3. The van der Waals surface area contributed by atoms with Gasteiger partial charge >= 0.3 is 5.97 Å². The number of aryl methyl sites for hydroxylation is 1. The normalized spacial score (nSPS) is 11.9. The van der Waals surface area contributed by atoms with Crippen molar-refractivity contribution in [3.05, 3.63) is 59.7 Å². The molecule has 0 saturated carbocycles. The summed E-state index contributed by atoms with van der Waals surface area (Å²) in [5.41, 5.74) is 4.50. The molecule has 2 heteroatoms. The zero-order valence-electron chi connectivity index (χ0n) is 11.5. The summed E-state index contributed by atoms with van der Waals surface area (Å²) in [7, 11) is 0. The van der Waals surface area contributed by atoms with Crippen LogP contribution in [0.3, 0.4) is 0 Å². The standard InChI is InChI=1S/C17H18O2/c1-12-9-16(13(2)19-14(3)18)11-17(10-12)15-7-5-4-6-8-15/h4-11,13H,1-3H3. The van der Waals surface area contributed by atoms with Gasteiger partial charge in [-0.1, -0.05) is 48.0 Å². The van der Waals surface area contributed by atoms with Crippen LogP contribution in [-0.4, -0.2) is 5.97 Å². The summed E-state index contributed by atoms with van der Waals surface area (Å²) in [6, 6.07) is 16.5. The van der Waals surface area contributed by atoms with E-state index in [9.17, 15) is 4.79 Å². The average Bonchev–Trinajstić information content (AvgIpc) is 2.38. The van der Waals surface area contributed by atoms with Crippen molar-refractivity contribution in [1.29, 1.82) is 0 Å². The van der Waals surface area contributed by atoms with Crippen molar-refractivity contribution >= 4 is 5.97 Å². The quantitative estimate of drug-likeness (QED) is 0.764. The maximum Gasteiger partial charge on any atom is 0.303 e. The molecule has 0 aromatic heterocycles. The third-order valence-electron chi connectivity index (χ3n) is 3.02. The molecule has 0 aliphatic heterocycles. The maximum atomic E-state index is 11.0. The van der Waals surface area contributed by atoms with Gasteiger partial charge < -0.3 is 4.74 Å². The van der Waals surface area contributed by atoms with E-state index in [2.05, 4.69) is 37.3 Å². The van der Waals surface area contributed by atoms with E-state index >= 15 is 0 Å². The Hall–Kier alpha value is -2.09. The van der Waals surface area contributed by atoms with Gasteiger partial charge in [0.05, 0.1) is 0 Å². The van der Waals surface area contributed by atoms with Gasteiger partial charge in [0.1, 0.15) is 6.10 Å². The van der Waals surface area contributed by atoms with Crippen LogP contribution in [0.2, 0.25) is 0 Å². The fraction of sp³-hybridized carbons (Fsp3) is 0.235. The van der Waals surface area contributed by atoms with Gasteiger partial charge in [-0.15, -0.1) is 0 Å². The van der Waals surface area contributed by atoms with E-state index in [1.54, 1.807) is 0 Å². The fourth-order valence-electron chi connectivity index (χ4n) is 2.16. The van der Waals surface area contributed by atoms with Crippen LogP contribution in [0.5, 0.6) is 0 Å². The lowest BCUT2D eigenvalue weighted by Crippen LogP contribution is -2.05. The van der Waals surface area contributed by atoms with Crippen LogP contribution in [0.1, 0.15) is 31.1 Å². The van der Waals surface area contributed by atoms with Crippen molar-refractivity contribution in [3.63, 3.8) is 0 Å². The Labute approximate surface area is 114 Å². The molecule has 0 N–H and O–H groups in total. The molecule has 2 nitrogen and oxygen atoms in total. The summed E-state index contributed by atoms with van der Waals surface area (Å²) in [6.45, 7) is 5.38. The van der Waals surface area contributed by atoms with E-state index in [4.69, 9.17) is 4.74 Å². The molecule has 19 heavy (non-hydrogen) atoms. The minimum Gasteiger partial charge on any atom is -0.458 e. The number of hydrogen-bond acceptors (Lipinski definition) is 2. The SMILES string of the molecule is CC(=O)OC(C)c1cc(C)cc(-c2ccccc2)c1. The second-order valence-corrected chi connectivity index (χ2v) is 4.75. The topological polar surface area (TPSA) is 26.3 Å². The highest BCUT2D eigenvalue weighted by molar-refractivity contribution is 5.67. The van der Waals surface area contributed by atoms with Crippen molar-refractivity contribution in [3.8, 4) is 11.1 Å². The summed E-state index contributed by atoms with van der Waals surface area (Å²) >= 11 is 0. The number of ether oxygens (including phenoxy) is 1. The van der Waals surface area contributed by atoms with Crippen LogP contribution < -0.4 is 0 Å². The van der Waals surface area contributed by atoms with Gasteiger partial charge in [0, 0.05) is 6.92 Å². The molecule has 2 aromatic carbocycles. The number of benzene rings is 2. The Bertz CT molecular complexity index is 573. The summed E-state index contributed by atoms with van der Waals surface area (Å²) in [5.74, 6) is -0.254. The molecule has 1 atom stereocenters. The largest absolute Gasteiger partial charge is 0.458 e. The molecule has 0 spiro atoms. The zero-order valence-corrected chi connectivity index (χ0v) is 11.5. The molecule has 2 rings (SSSR count). The molecule has 0 heterocycles. The highest BCUT2D eigenvalue weighted by Crippen LogP contribution is 2.26. The van der Waals surface area contributed by atoms with Crippen LogP contribution in [0.4, 0.5) is 0 Å². The second-order valence-electron chi connectivity index (χ2n) is 4.75. The Morgan fingerprint density at radius 2 is 1.74 bits per heavy atom. The first-order valence-electron chi connectivity index (χ1n) is 6.40. The third-order valence-corrected chi connectivity index (χ3v) is 3.02. The Kier molecular flexibility index (Phi) is 4.00. The lowest BCUT2D eigenvalue weighted by molar-refractivity contribution is -0.145. The van der Waals surface area contributed by atoms with Gasteiger partial charge in [-0.2, -0.15) is 0 Å². The molecule has 2 aromatic rings. The van der Waals surface area contributed by atoms with Crippen molar-refractivity contribution < 1.29 is 9.53 Å². The molecular formula is C17H18O2. The Morgan fingerprint density at radius 1 is 1.05 bits per heavy atom. The lowest BCUT2D eigenvalue weighted by atomic mass is 9.98. The van der Waals surface area contributed by atoms with Crippen LogP contribution in [0.25, 0.3) is 11.1 Å². The van der Waals surface area contributed by atoms with Gasteiger partial charge in [-0.05, 0) is 36.6 Å². The number of carbonyl (C=O) groups is 1. The first-order chi connectivity index (χ1) is 9.06. The number of esters is 1. The van der Waals surface area contributed by atoms with E-state index in [1.807, 2.05) is 25.1 Å². The molecule has 0 aliphatic carbocycles. The van der Waals surface area contributed by atoms with Crippen molar-refractivity contribution in [2.75, 3.05) is 0 Å². The smallest absolute Gasteiger partial charge is 0.303 e. The summed E-state index contributed by atoms with van der Waals surface area (Å²) in [6.07, 6.45) is -0.222. The van der Waals surface area contributed by atoms with E-state index in [0.29, 0.717) is 0 Å². The molecule has 98 valence electrons. The van der Waals surface area contributed by atoms with Crippen LogP contribution in [-0.2, 0) is 9.53 Å². The molecule has 0 fully saturated rings. The predicted molar refractivity (Wildman–Crippen MR) is 76.8 cm³/mol. The molecule has 0 aliphatic rings. The van der Waals surface area contributed by atoms with Crippen molar-refractivity contribution in [2.45, 2.75) is 26.9 Å². The molecular weight excluding hydrogens is 236 g/mol. The molecule has 0 saturated heterocycles. The fourth-order valence-corrected chi connectivity index (χ4v) is 2.16. The van der Waals surface area contributed by atoms with Gasteiger partial charge in [-0.25, -0.2) is 0 Å². The van der Waals surface area contributed by atoms with Crippen LogP contribution in [0.15, 0.2) is 48.5 Å². The first kappa shape index (κ1) is 13.3. The van der Waals surface area contributed by atoms with Gasteiger partial charge in [0.2, 0.25) is 0 Å². The highest BCUT2D eigenvalue weighted by Gasteiger charge is 2.10. The first-order valence-corrected chi connectivity index (χ1v) is 6.40. The molecule has 0 bridgehead atoms. The van der Waals surface area contributed by atoms with E-state index in [1.165, 1.54) is 12.5 Å². The van der Waals surface area contributed by atoms with E-state index in [-0.39, 0.29) is 12.1 Å². The molecule has 0 amide bonds. The average molecular weight is 254 g/mol. The van der Waals surface area contributed by atoms with Crippen molar-refractivity contribution in [1.82, 2.24) is 0 Å². The minimum atomic E-state index is -0.254. The minimum absolute atomic E-state index is 0.222. The summed E-state index contributed by atoms with van der Waals surface area (Å²) < 4.78 is 5.24. The number of hydrogen-bond donors (Lipinski definition) is 0. The number of carbonyl (C=O) groups excluding carboxylic acids is 1. The van der Waals surface area contributed by atoms with Gasteiger partial charge in [0.15, 0.2) is 0 Å². The van der Waals surface area contributed by atoms with E-state index in [0.717, 1.165) is 16.7 Å². The third kappa shape index (κ3) is 3.44.